The standard InChI is InChI=1S/C21H21N3O3/c1-3-27-17-9-10-18(14(2)12-17)24-21(26)20(25)23-13-16-7-4-6-15-8-5-11-22-19(15)16/h4-12H,3,13H2,1-2H3,(H,23,25)(H,24,26). The molecule has 6 heteroatoms. The van der Waals surface area contributed by atoms with Gasteiger partial charge in [-0.1, -0.05) is 24.3 Å². The molecular weight excluding hydrogens is 342 g/mol. The van der Waals surface area contributed by atoms with E-state index in [1.807, 2.05) is 50.2 Å². The molecule has 0 aliphatic carbocycles. The molecule has 6 nitrogen and oxygen atoms in total. The zero-order valence-electron chi connectivity index (χ0n) is 15.3. The third-order valence-corrected chi connectivity index (χ3v) is 4.12. The predicted octanol–water partition coefficient (Wildman–Crippen LogP) is 3.20. The highest BCUT2D eigenvalue weighted by Crippen LogP contribution is 2.21. The van der Waals surface area contributed by atoms with Crippen LogP contribution in [0.2, 0.25) is 0 Å². The monoisotopic (exact) mass is 363 g/mol. The minimum atomic E-state index is -0.713. The molecule has 0 saturated carbocycles. The molecule has 0 saturated heterocycles. The second-order valence-corrected chi connectivity index (χ2v) is 6.04. The van der Waals surface area contributed by atoms with Gasteiger partial charge in [-0.05, 0) is 49.2 Å². The summed E-state index contributed by atoms with van der Waals surface area (Å²) in [5, 5.41) is 6.26. The largest absolute Gasteiger partial charge is 0.494 e. The van der Waals surface area contributed by atoms with Gasteiger partial charge in [-0.3, -0.25) is 14.6 Å². The number of carbonyl (C=O) groups excluding carboxylic acids is 2. The lowest BCUT2D eigenvalue weighted by Gasteiger charge is -2.11. The number of pyridine rings is 1. The van der Waals surface area contributed by atoms with Crippen LogP contribution in [-0.2, 0) is 16.1 Å². The molecule has 0 aliphatic heterocycles. The Kier molecular flexibility index (Phi) is 5.66. The number of hydrogen-bond acceptors (Lipinski definition) is 4. The topological polar surface area (TPSA) is 80.3 Å². The van der Waals surface area contributed by atoms with Crippen LogP contribution in [0, 0.1) is 6.92 Å². The summed E-state index contributed by atoms with van der Waals surface area (Å²) in [5.74, 6) is -0.687. The van der Waals surface area contributed by atoms with E-state index in [0.29, 0.717) is 12.3 Å². The van der Waals surface area contributed by atoms with Gasteiger partial charge in [0.1, 0.15) is 5.75 Å². The van der Waals surface area contributed by atoms with Gasteiger partial charge >= 0.3 is 11.8 Å². The van der Waals surface area contributed by atoms with E-state index in [4.69, 9.17) is 4.74 Å². The number of rotatable bonds is 5. The fraction of sp³-hybridized carbons (Fsp3) is 0.190. The molecule has 2 N–H and O–H groups in total. The van der Waals surface area contributed by atoms with Crippen molar-refractivity contribution in [1.29, 1.82) is 0 Å². The van der Waals surface area contributed by atoms with Crippen LogP contribution in [0.25, 0.3) is 10.9 Å². The van der Waals surface area contributed by atoms with Gasteiger partial charge in [-0.25, -0.2) is 0 Å². The molecule has 138 valence electrons. The zero-order valence-corrected chi connectivity index (χ0v) is 15.3. The minimum Gasteiger partial charge on any atom is -0.494 e. The molecule has 0 atom stereocenters. The molecule has 27 heavy (non-hydrogen) atoms. The summed E-state index contributed by atoms with van der Waals surface area (Å²) in [7, 11) is 0. The number of aryl methyl sites for hydroxylation is 1. The van der Waals surface area contributed by atoms with Crippen molar-refractivity contribution in [3.05, 3.63) is 65.9 Å². The zero-order chi connectivity index (χ0) is 19.2. The van der Waals surface area contributed by atoms with E-state index in [9.17, 15) is 9.59 Å². The molecule has 1 heterocycles. The maximum Gasteiger partial charge on any atom is 0.313 e. The van der Waals surface area contributed by atoms with Gasteiger partial charge < -0.3 is 15.4 Å². The van der Waals surface area contributed by atoms with Crippen LogP contribution >= 0.6 is 0 Å². The number of hydrogen-bond donors (Lipinski definition) is 2. The first-order chi connectivity index (χ1) is 13.1. The van der Waals surface area contributed by atoms with E-state index in [1.54, 1.807) is 18.3 Å². The summed E-state index contributed by atoms with van der Waals surface area (Å²) in [6.07, 6.45) is 1.70. The lowest BCUT2D eigenvalue weighted by molar-refractivity contribution is -0.136. The van der Waals surface area contributed by atoms with Gasteiger partial charge in [-0.2, -0.15) is 0 Å². The van der Waals surface area contributed by atoms with Crippen molar-refractivity contribution < 1.29 is 14.3 Å². The number of nitrogens with zero attached hydrogens (tertiary/aromatic N) is 1. The first-order valence-corrected chi connectivity index (χ1v) is 8.73. The highest BCUT2D eigenvalue weighted by Gasteiger charge is 2.15. The molecule has 0 radical (unpaired) electrons. The Labute approximate surface area is 157 Å². The molecule has 2 amide bonds. The molecule has 0 unspecified atom stereocenters. The molecule has 1 aromatic heterocycles. The van der Waals surface area contributed by atoms with E-state index < -0.39 is 11.8 Å². The van der Waals surface area contributed by atoms with Gasteiger partial charge in [0.2, 0.25) is 0 Å². The van der Waals surface area contributed by atoms with Crippen LogP contribution in [0.15, 0.2) is 54.7 Å². The first kappa shape index (κ1) is 18.4. The SMILES string of the molecule is CCOc1ccc(NC(=O)C(=O)NCc2cccc3cccnc23)c(C)c1. The highest BCUT2D eigenvalue weighted by atomic mass is 16.5. The summed E-state index contributed by atoms with van der Waals surface area (Å²) >= 11 is 0. The van der Waals surface area contributed by atoms with Crippen molar-refractivity contribution in [2.24, 2.45) is 0 Å². The summed E-state index contributed by atoms with van der Waals surface area (Å²) in [6.45, 7) is 4.54. The third kappa shape index (κ3) is 4.41. The van der Waals surface area contributed by atoms with Crippen LogP contribution in [0.4, 0.5) is 5.69 Å². The van der Waals surface area contributed by atoms with E-state index in [0.717, 1.165) is 27.8 Å². The fourth-order valence-electron chi connectivity index (χ4n) is 2.78. The van der Waals surface area contributed by atoms with Gasteiger partial charge in [-0.15, -0.1) is 0 Å². The van der Waals surface area contributed by atoms with E-state index in [2.05, 4.69) is 15.6 Å². The molecule has 0 bridgehead atoms. The lowest BCUT2D eigenvalue weighted by Crippen LogP contribution is -2.35. The van der Waals surface area contributed by atoms with Crippen LogP contribution < -0.4 is 15.4 Å². The first-order valence-electron chi connectivity index (χ1n) is 8.73. The van der Waals surface area contributed by atoms with Crippen molar-refractivity contribution in [2.45, 2.75) is 20.4 Å². The van der Waals surface area contributed by atoms with E-state index in [1.165, 1.54) is 0 Å². The maximum atomic E-state index is 12.2. The minimum absolute atomic E-state index is 0.225. The van der Waals surface area contributed by atoms with Gasteiger partial charge in [0, 0.05) is 23.8 Å². The predicted molar refractivity (Wildman–Crippen MR) is 105 cm³/mol. The Morgan fingerprint density at radius 2 is 1.89 bits per heavy atom. The number of aromatic nitrogens is 1. The molecule has 0 fully saturated rings. The van der Waals surface area contributed by atoms with E-state index in [-0.39, 0.29) is 6.54 Å². The quantitative estimate of drug-likeness (QED) is 0.682. The van der Waals surface area contributed by atoms with Gasteiger partial charge in [0.05, 0.1) is 12.1 Å². The normalized spacial score (nSPS) is 10.4. The number of carbonyl (C=O) groups is 2. The number of anilines is 1. The summed E-state index contributed by atoms with van der Waals surface area (Å²) in [5.41, 5.74) is 3.06. The third-order valence-electron chi connectivity index (χ3n) is 4.12. The second-order valence-electron chi connectivity index (χ2n) is 6.04. The summed E-state index contributed by atoms with van der Waals surface area (Å²) in [6, 6.07) is 14.8. The van der Waals surface area contributed by atoms with Crippen molar-refractivity contribution >= 4 is 28.4 Å². The Morgan fingerprint density at radius 1 is 1.07 bits per heavy atom. The molecule has 3 rings (SSSR count). The molecule has 2 aromatic carbocycles. The number of amides is 2. The summed E-state index contributed by atoms with van der Waals surface area (Å²) < 4.78 is 5.42. The van der Waals surface area contributed by atoms with Crippen LogP contribution in [-0.4, -0.2) is 23.4 Å². The van der Waals surface area contributed by atoms with Crippen molar-refractivity contribution in [3.63, 3.8) is 0 Å². The molecule has 3 aromatic rings. The number of benzene rings is 2. The lowest BCUT2D eigenvalue weighted by atomic mass is 10.1. The molecule has 0 aliphatic rings. The maximum absolute atomic E-state index is 12.2. The number of fused-ring (bicyclic) bond motifs is 1. The number of ether oxygens (including phenoxy) is 1. The van der Waals surface area contributed by atoms with Crippen LogP contribution in [0.3, 0.4) is 0 Å². The highest BCUT2D eigenvalue weighted by molar-refractivity contribution is 6.39. The number of para-hydroxylation sites is 1. The van der Waals surface area contributed by atoms with Gasteiger partial charge in [0.25, 0.3) is 0 Å². The fourth-order valence-corrected chi connectivity index (χ4v) is 2.78. The Morgan fingerprint density at radius 3 is 2.67 bits per heavy atom. The second kappa shape index (κ2) is 8.31. The van der Waals surface area contributed by atoms with Crippen molar-refractivity contribution in [1.82, 2.24) is 10.3 Å². The summed E-state index contributed by atoms with van der Waals surface area (Å²) in [4.78, 5) is 28.7. The van der Waals surface area contributed by atoms with Crippen molar-refractivity contribution in [2.75, 3.05) is 11.9 Å². The molecular formula is C21H21N3O3. The molecule has 0 spiro atoms. The Balaban J connectivity index is 1.63. The van der Waals surface area contributed by atoms with E-state index >= 15 is 0 Å². The van der Waals surface area contributed by atoms with Crippen LogP contribution in [0.5, 0.6) is 5.75 Å². The van der Waals surface area contributed by atoms with Crippen LogP contribution in [0.1, 0.15) is 18.1 Å². The van der Waals surface area contributed by atoms with Gasteiger partial charge in [0.15, 0.2) is 0 Å². The number of nitrogens with one attached hydrogen (secondary N) is 2. The smallest absolute Gasteiger partial charge is 0.313 e. The average molecular weight is 363 g/mol. The average Bonchev–Trinajstić information content (AvgIpc) is 2.68. The van der Waals surface area contributed by atoms with Crippen molar-refractivity contribution in [3.8, 4) is 5.75 Å². The Bertz CT molecular complexity index is 980. The Hall–Kier alpha value is -3.41.